The highest BCUT2D eigenvalue weighted by Gasteiger charge is 2.19. The van der Waals surface area contributed by atoms with Crippen LogP contribution in [0.15, 0.2) is 0 Å². The van der Waals surface area contributed by atoms with Crippen LogP contribution in [-0.2, 0) is 28.6 Å². The second-order valence-corrected chi connectivity index (χ2v) is 17.8. The highest BCUT2D eigenvalue weighted by molar-refractivity contribution is 5.71. The van der Waals surface area contributed by atoms with Crippen molar-refractivity contribution in [2.75, 3.05) is 13.2 Å². The van der Waals surface area contributed by atoms with Crippen molar-refractivity contribution in [2.45, 2.75) is 278 Å². The molecule has 1 unspecified atom stereocenters. The molecule has 0 aliphatic heterocycles. The minimum atomic E-state index is -0.762. The lowest BCUT2D eigenvalue weighted by atomic mass is 10.00. The molecule has 6 nitrogen and oxygen atoms in total. The second-order valence-electron chi connectivity index (χ2n) is 17.8. The Bertz CT molecular complexity index is 856. The topological polar surface area (TPSA) is 78.9 Å². The van der Waals surface area contributed by atoms with E-state index >= 15 is 0 Å². The van der Waals surface area contributed by atoms with E-state index in [1.165, 1.54) is 161 Å². The van der Waals surface area contributed by atoms with Crippen LogP contribution in [0.25, 0.3) is 0 Å². The molecule has 0 aromatic rings. The monoisotopic (exact) mass is 793 g/mol. The van der Waals surface area contributed by atoms with Crippen molar-refractivity contribution < 1.29 is 28.6 Å². The van der Waals surface area contributed by atoms with Gasteiger partial charge in [-0.1, -0.05) is 234 Å². The van der Waals surface area contributed by atoms with Gasteiger partial charge in [-0.3, -0.25) is 14.4 Å². The first kappa shape index (κ1) is 54.4. The van der Waals surface area contributed by atoms with Gasteiger partial charge in [-0.15, -0.1) is 0 Å². The maximum absolute atomic E-state index is 12.7. The maximum Gasteiger partial charge on any atom is 0.306 e. The van der Waals surface area contributed by atoms with Crippen molar-refractivity contribution in [1.29, 1.82) is 0 Å². The third-order valence-corrected chi connectivity index (χ3v) is 11.6. The quantitative estimate of drug-likeness (QED) is 0.0347. The van der Waals surface area contributed by atoms with E-state index in [1.807, 2.05) is 0 Å². The molecule has 2 atom stereocenters. The molecule has 0 aliphatic rings. The Labute approximate surface area is 348 Å². The number of esters is 3. The molecule has 332 valence electrons. The normalized spacial score (nSPS) is 12.5. The fourth-order valence-electron chi connectivity index (χ4n) is 7.43. The van der Waals surface area contributed by atoms with Crippen molar-refractivity contribution in [3.63, 3.8) is 0 Å². The Morgan fingerprint density at radius 1 is 0.375 bits per heavy atom. The van der Waals surface area contributed by atoms with Gasteiger partial charge in [0.1, 0.15) is 13.2 Å². The van der Waals surface area contributed by atoms with Gasteiger partial charge >= 0.3 is 17.9 Å². The van der Waals surface area contributed by atoms with E-state index in [9.17, 15) is 14.4 Å². The van der Waals surface area contributed by atoms with Crippen molar-refractivity contribution in [2.24, 2.45) is 11.8 Å². The smallest absolute Gasteiger partial charge is 0.306 e. The van der Waals surface area contributed by atoms with Gasteiger partial charge in [0.25, 0.3) is 0 Å². The number of rotatable bonds is 44. The summed E-state index contributed by atoms with van der Waals surface area (Å²) in [5, 5.41) is 0. The molecule has 0 aromatic carbocycles. The standard InChI is InChI=1S/C50H96O6/c1-6-8-9-10-11-12-13-14-15-16-17-18-19-20-21-22-23-30-35-40-48(51)54-43-47(56-50(53)42-37-32-26-24-28-33-38-45(3)4)44-55-49(52)41-36-31-27-25-29-34-39-46(5)7-2/h45-47H,6-44H2,1-5H3/t46?,47-/m0/s1. The van der Waals surface area contributed by atoms with Gasteiger partial charge in [0, 0.05) is 19.3 Å². The lowest BCUT2D eigenvalue weighted by Crippen LogP contribution is -2.30. The van der Waals surface area contributed by atoms with E-state index in [2.05, 4.69) is 34.6 Å². The van der Waals surface area contributed by atoms with Crippen molar-refractivity contribution in [3.8, 4) is 0 Å². The average Bonchev–Trinajstić information content (AvgIpc) is 3.18. The van der Waals surface area contributed by atoms with E-state index in [4.69, 9.17) is 14.2 Å². The van der Waals surface area contributed by atoms with E-state index < -0.39 is 6.10 Å². The summed E-state index contributed by atoms with van der Waals surface area (Å²) in [6.07, 6.45) is 42.6. The molecule has 0 saturated heterocycles. The average molecular weight is 793 g/mol. The highest BCUT2D eigenvalue weighted by atomic mass is 16.6. The molecule has 0 aromatic heterocycles. The van der Waals surface area contributed by atoms with Gasteiger partial charge in [0.05, 0.1) is 0 Å². The Morgan fingerprint density at radius 3 is 1.02 bits per heavy atom. The first-order chi connectivity index (χ1) is 27.3. The Balaban J connectivity index is 4.20. The molecule has 0 bridgehead atoms. The number of hydrogen-bond donors (Lipinski definition) is 0. The minimum Gasteiger partial charge on any atom is -0.462 e. The van der Waals surface area contributed by atoms with E-state index in [1.54, 1.807) is 0 Å². The summed E-state index contributed by atoms with van der Waals surface area (Å²) < 4.78 is 16.7. The van der Waals surface area contributed by atoms with Gasteiger partial charge < -0.3 is 14.2 Å². The van der Waals surface area contributed by atoms with Gasteiger partial charge in [0.2, 0.25) is 0 Å². The van der Waals surface area contributed by atoms with Gasteiger partial charge in [-0.05, 0) is 31.1 Å². The lowest BCUT2D eigenvalue weighted by molar-refractivity contribution is -0.167. The van der Waals surface area contributed by atoms with Crippen LogP contribution in [0, 0.1) is 11.8 Å². The third kappa shape index (κ3) is 42.0. The van der Waals surface area contributed by atoms with Crippen LogP contribution in [0.1, 0.15) is 272 Å². The molecule has 0 radical (unpaired) electrons. The third-order valence-electron chi connectivity index (χ3n) is 11.6. The maximum atomic E-state index is 12.7. The zero-order chi connectivity index (χ0) is 41.2. The second kappa shape index (κ2) is 43.0. The SMILES string of the molecule is CCCCCCCCCCCCCCCCCCCCCC(=O)OC[C@@H](COC(=O)CCCCCCCCC(C)CC)OC(=O)CCCCCCCCC(C)C. The van der Waals surface area contributed by atoms with Crippen LogP contribution in [-0.4, -0.2) is 37.2 Å². The summed E-state index contributed by atoms with van der Waals surface area (Å²) in [5.41, 5.74) is 0. The van der Waals surface area contributed by atoms with E-state index in [0.29, 0.717) is 19.3 Å². The van der Waals surface area contributed by atoms with Gasteiger partial charge in [0.15, 0.2) is 6.10 Å². The Hall–Kier alpha value is -1.59. The molecule has 6 heteroatoms. The molecule has 0 saturated carbocycles. The largest absolute Gasteiger partial charge is 0.462 e. The molecule has 0 heterocycles. The van der Waals surface area contributed by atoms with Gasteiger partial charge in [-0.2, -0.15) is 0 Å². The molecule has 0 fully saturated rings. The molecular formula is C50H96O6. The number of hydrogen-bond acceptors (Lipinski definition) is 6. The first-order valence-electron chi connectivity index (χ1n) is 24.8. The number of unbranched alkanes of at least 4 members (excludes halogenated alkanes) is 28. The van der Waals surface area contributed by atoms with Crippen LogP contribution in [0.2, 0.25) is 0 Å². The van der Waals surface area contributed by atoms with Crippen LogP contribution in [0.4, 0.5) is 0 Å². The number of ether oxygens (including phenoxy) is 3. The summed E-state index contributed by atoms with van der Waals surface area (Å²) in [6, 6.07) is 0. The number of carbonyl (C=O) groups is 3. The molecule has 0 aliphatic carbocycles. The van der Waals surface area contributed by atoms with Gasteiger partial charge in [-0.25, -0.2) is 0 Å². The predicted molar refractivity (Wildman–Crippen MR) is 238 cm³/mol. The summed E-state index contributed by atoms with van der Waals surface area (Å²) in [7, 11) is 0. The number of carbonyl (C=O) groups excluding carboxylic acids is 3. The van der Waals surface area contributed by atoms with Crippen molar-refractivity contribution in [1.82, 2.24) is 0 Å². The Morgan fingerprint density at radius 2 is 0.679 bits per heavy atom. The molecule has 0 spiro atoms. The summed E-state index contributed by atoms with van der Waals surface area (Å²) in [6.45, 7) is 11.3. The van der Waals surface area contributed by atoms with E-state index in [-0.39, 0.29) is 31.1 Å². The van der Waals surface area contributed by atoms with Crippen molar-refractivity contribution >= 4 is 17.9 Å². The molecular weight excluding hydrogens is 697 g/mol. The molecule has 0 rings (SSSR count). The molecule has 56 heavy (non-hydrogen) atoms. The summed E-state index contributed by atoms with van der Waals surface area (Å²) >= 11 is 0. The van der Waals surface area contributed by atoms with Crippen LogP contribution >= 0.6 is 0 Å². The highest BCUT2D eigenvalue weighted by Crippen LogP contribution is 2.17. The Kier molecular flexibility index (Phi) is 41.8. The van der Waals surface area contributed by atoms with Crippen molar-refractivity contribution in [3.05, 3.63) is 0 Å². The van der Waals surface area contributed by atoms with E-state index in [0.717, 1.165) is 69.6 Å². The van der Waals surface area contributed by atoms with Crippen LogP contribution in [0.3, 0.4) is 0 Å². The lowest BCUT2D eigenvalue weighted by Gasteiger charge is -2.18. The summed E-state index contributed by atoms with van der Waals surface area (Å²) in [5.74, 6) is 0.712. The first-order valence-corrected chi connectivity index (χ1v) is 24.8. The predicted octanol–water partition coefficient (Wildman–Crippen LogP) is 15.8. The van der Waals surface area contributed by atoms with Crippen LogP contribution in [0.5, 0.6) is 0 Å². The minimum absolute atomic E-state index is 0.0660. The fourth-order valence-corrected chi connectivity index (χ4v) is 7.43. The molecule has 0 N–H and O–H groups in total. The molecule has 0 amide bonds. The zero-order valence-electron chi connectivity index (χ0n) is 38.3. The fraction of sp³-hybridized carbons (Fsp3) is 0.940. The van der Waals surface area contributed by atoms with Crippen LogP contribution < -0.4 is 0 Å². The zero-order valence-corrected chi connectivity index (χ0v) is 38.3. The summed E-state index contributed by atoms with van der Waals surface area (Å²) in [4.78, 5) is 37.7.